The largest absolute Gasteiger partial charge is 0.462 e. The van der Waals surface area contributed by atoms with Gasteiger partial charge in [-0.15, -0.1) is 0 Å². The van der Waals surface area contributed by atoms with E-state index >= 15 is 0 Å². The fourth-order valence-corrected chi connectivity index (χ4v) is 9.33. The summed E-state index contributed by atoms with van der Waals surface area (Å²) in [6.45, 7) is 6.63. The van der Waals surface area contributed by atoms with Gasteiger partial charge in [0.25, 0.3) is 0 Å². The van der Waals surface area contributed by atoms with Crippen LogP contribution >= 0.6 is 0 Å². The summed E-state index contributed by atoms with van der Waals surface area (Å²) in [5.41, 5.74) is 0.151. The van der Waals surface area contributed by atoms with Crippen LogP contribution in [-0.4, -0.2) is 30.9 Å². The van der Waals surface area contributed by atoms with Gasteiger partial charge < -0.3 is 14.2 Å². The van der Waals surface area contributed by atoms with Gasteiger partial charge in [-0.25, -0.2) is 0 Å². The summed E-state index contributed by atoms with van der Waals surface area (Å²) in [4.78, 5) is 25.5. The first-order valence-corrected chi connectivity index (χ1v) is 13.7. The van der Waals surface area contributed by atoms with Crippen LogP contribution in [0.2, 0.25) is 0 Å². The van der Waals surface area contributed by atoms with Gasteiger partial charge in [-0.05, 0) is 111 Å². The lowest BCUT2D eigenvalue weighted by atomic mass is 9.67. The number of carbonyl (C=O) groups is 2. The van der Waals surface area contributed by atoms with E-state index in [0.29, 0.717) is 48.0 Å². The van der Waals surface area contributed by atoms with E-state index in [2.05, 4.69) is 20.8 Å². The first kappa shape index (κ1) is 22.4. The van der Waals surface area contributed by atoms with Crippen molar-refractivity contribution >= 4 is 11.9 Å². The van der Waals surface area contributed by atoms with Gasteiger partial charge >= 0.3 is 11.9 Å². The second kappa shape index (κ2) is 8.24. The number of rotatable bonds is 7. The van der Waals surface area contributed by atoms with Gasteiger partial charge in [0.2, 0.25) is 0 Å². The zero-order valence-electron chi connectivity index (χ0n) is 20.7. The van der Waals surface area contributed by atoms with Crippen LogP contribution in [0.25, 0.3) is 0 Å². The van der Waals surface area contributed by atoms with Crippen LogP contribution < -0.4 is 0 Å². The second-order valence-corrected chi connectivity index (χ2v) is 13.6. The standard InChI is InChI=1S/C28H42O5/c1-28(2,3)7-6-24(29)33-23-13-18-12-21(23)26-19-10-17(25(18)26)11-20(19)27(30)32-14-31-22-9-15-4-5-16(22)8-15/h15-23,25-26H,4-14H2,1-3H3. The molecule has 6 aliphatic rings. The van der Waals surface area contributed by atoms with Crippen molar-refractivity contribution in [3.8, 4) is 0 Å². The molecule has 0 saturated heterocycles. The molecule has 6 bridgehead atoms. The molecule has 11 unspecified atom stereocenters. The van der Waals surface area contributed by atoms with E-state index in [1.54, 1.807) is 0 Å². The quantitative estimate of drug-likeness (QED) is 0.292. The summed E-state index contributed by atoms with van der Waals surface area (Å²) in [5.74, 6) is 5.00. The molecule has 6 rings (SSSR count). The number of ether oxygens (including phenoxy) is 3. The molecule has 184 valence electrons. The molecular formula is C28H42O5. The molecule has 6 fully saturated rings. The Balaban J connectivity index is 1.02. The molecule has 0 aromatic carbocycles. The minimum atomic E-state index is -0.0365. The van der Waals surface area contributed by atoms with E-state index in [-0.39, 0.29) is 36.2 Å². The van der Waals surface area contributed by atoms with Crippen LogP contribution in [-0.2, 0) is 23.8 Å². The lowest BCUT2D eigenvalue weighted by molar-refractivity contribution is -0.173. The summed E-state index contributed by atoms with van der Waals surface area (Å²) < 4.78 is 17.7. The van der Waals surface area contributed by atoms with E-state index in [0.717, 1.165) is 37.5 Å². The van der Waals surface area contributed by atoms with Crippen LogP contribution in [0.1, 0.15) is 85.0 Å². The van der Waals surface area contributed by atoms with Crippen molar-refractivity contribution in [2.75, 3.05) is 6.79 Å². The highest BCUT2D eigenvalue weighted by Crippen LogP contribution is 2.69. The summed E-state index contributed by atoms with van der Waals surface area (Å²) in [5, 5.41) is 0. The van der Waals surface area contributed by atoms with Crippen molar-refractivity contribution in [1.29, 1.82) is 0 Å². The van der Waals surface area contributed by atoms with Gasteiger partial charge in [0.1, 0.15) is 6.10 Å². The van der Waals surface area contributed by atoms with E-state index in [9.17, 15) is 9.59 Å². The number of esters is 2. The smallest absolute Gasteiger partial charge is 0.311 e. The number of fused-ring (bicyclic) bond motifs is 11. The van der Waals surface area contributed by atoms with Gasteiger partial charge in [0, 0.05) is 6.42 Å². The molecule has 0 aromatic rings. The zero-order chi connectivity index (χ0) is 22.9. The molecule has 0 aromatic heterocycles. The Bertz CT molecular complexity index is 786. The molecule has 0 amide bonds. The fraction of sp³-hybridized carbons (Fsp3) is 0.929. The van der Waals surface area contributed by atoms with Crippen LogP contribution in [0.3, 0.4) is 0 Å². The van der Waals surface area contributed by atoms with Crippen LogP contribution in [0.4, 0.5) is 0 Å². The zero-order valence-corrected chi connectivity index (χ0v) is 20.7. The third kappa shape index (κ3) is 4.04. The van der Waals surface area contributed by atoms with Gasteiger partial charge in [-0.1, -0.05) is 20.8 Å². The van der Waals surface area contributed by atoms with E-state index < -0.39 is 0 Å². The molecule has 5 heteroatoms. The van der Waals surface area contributed by atoms with Crippen molar-refractivity contribution in [3.63, 3.8) is 0 Å². The van der Waals surface area contributed by atoms with Crippen molar-refractivity contribution in [2.45, 2.75) is 97.2 Å². The predicted molar refractivity (Wildman–Crippen MR) is 123 cm³/mol. The highest BCUT2D eigenvalue weighted by molar-refractivity contribution is 5.73. The van der Waals surface area contributed by atoms with Gasteiger partial charge in [-0.3, -0.25) is 9.59 Å². The first-order chi connectivity index (χ1) is 15.8. The Morgan fingerprint density at radius 3 is 2.33 bits per heavy atom. The third-order valence-corrected chi connectivity index (χ3v) is 10.6. The molecule has 33 heavy (non-hydrogen) atoms. The SMILES string of the molecule is CC(C)(C)CCC(=O)OC1CC2CC1C1C3CC(CC3C(=O)OCOC3CC4CCC3C4)C21. The first-order valence-electron chi connectivity index (χ1n) is 13.7. The number of hydrogen-bond donors (Lipinski definition) is 0. The van der Waals surface area contributed by atoms with Crippen LogP contribution in [0.5, 0.6) is 0 Å². The Morgan fingerprint density at radius 1 is 0.818 bits per heavy atom. The highest BCUT2D eigenvalue weighted by Gasteiger charge is 2.66. The van der Waals surface area contributed by atoms with E-state index in [1.807, 2.05) is 0 Å². The Kier molecular flexibility index (Phi) is 5.59. The Labute approximate surface area is 198 Å². The topological polar surface area (TPSA) is 61.8 Å². The molecule has 11 atom stereocenters. The molecule has 0 spiro atoms. The number of carbonyl (C=O) groups excluding carboxylic acids is 2. The maximum Gasteiger partial charge on any atom is 0.311 e. The lowest BCUT2D eigenvalue weighted by Crippen LogP contribution is -2.42. The van der Waals surface area contributed by atoms with Gasteiger partial charge in [0.05, 0.1) is 12.0 Å². The Morgan fingerprint density at radius 2 is 1.61 bits per heavy atom. The summed E-state index contributed by atoms with van der Waals surface area (Å²) in [6.07, 6.45) is 11.2. The molecule has 5 nitrogen and oxygen atoms in total. The van der Waals surface area contributed by atoms with E-state index in [4.69, 9.17) is 14.2 Å². The maximum atomic E-state index is 13.0. The van der Waals surface area contributed by atoms with Crippen molar-refractivity contribution in [1.82, 2.24) is 0 Å². The van der Waals surface area contributed by atoms with Gasteiger partial charge in [0.15, 0.2) is 6.79 Å². The number of hydrogen-bond acceptors (Lipinski definition) is 5. The van der Waals surface area contributed by atoms with Gasteiger partial charge in [-0.2, -0.15) is 0 Å². The minimum Gasteiger partial charge on any atom is -0.462 e. The minimum absolute atomic E-state index is 0.0245. The molecule has 0 radical (unpaired) electrons. The molecular weight excluding hydrogens is 416 g/mol. The summed E-state index contributed by atoms with van der Waals surface area (Å²) >= 11 is 0. The summed E-state index contributed by atoms with van der Waals surface area (Å²) in [7, 11) is 0. The molecule has 6 saturated carbocycles. The van der Waals surface area contributed by atoms with Crippen molar-refractivity contribution < 1.29 is 23.8 Å². The predicted octanol–water partition coefficient (Wildman–Crippen LogP) is 5.36. The van der Waals surface area contributed by atoms with Crippen molar-refractivity contribution in [2.24, 2.45) is 58.7 Å². The van der Waals surface area contributed by atoms with Crippen LogP contribution in [0.15, 0.2) is 0 Å². The molecule has 6 aliphatic carbocycles. The van der Waals surface area contributed by atoms with Crippen LogP contribution in [0, 0.1) is 58.7 Å². The molecule has 0 N–H and O–H groups in total. The lowest BCUT2D eigenvalue weighted by Gasteiger charge is -2.40. The maximum absolute atomic E-state index is 13.0. The normalized spacial score (nSPS) is 46.7. The molecule has 0 heterocycles. The summed E-state index contributed by atoms with van der Waals surface area (Å²) in [6, 6.07) is 0. The van der Waals surface area contributed by atoms with Crippen molar-refractivity contribution in [3.05, 3.63) is 0 Å². The van der Waals surface area contributed by atoms with E-state index in [1.165, 1.54) is 32.1 Å². The third-order valence-electron chi connectivity index (χ3n) is 10.6. The Hall–Kier alpha value is -1.10. The molecule has 0 aliphatic heterocycles. The average Bonchev–Trinajstić information content (AvgIpc) is 3.58. The monoisotopic (exact) mass is 458 g/mol. The average molecular weight is 459 g/mol. The highest BCUT2D eigenvalue weighted by atomic mass is 16.7. The fourth-order valence-electron chi connectivity index (χ4n) is 9.33. The second-order valence-electron chi connectivity index (χ2n) is 13.6.